The van der Waals surface area contributed by atoms with Gasteiger partial charge in [-0.25, -0.2) is 8.42 Å². The summed E-state index contributed by atoms with van der Waals surface area (Å²) in [5, 5.41) is 4.70. The van der Waals surface area contributed by atoms with E-state index in [0.29, 0.717) is 5.69 Å². The third kappa shape index (κ3) is 6.49. The minimum absolute atomic E-state index is 0.120. The lowest BCUT2D eigenvalue weighted by atomic mass is 10.1. The lowest BCUT2D eigenvalue weighted by molar-refractivity contribution is -0.139. The van der Waals surface area contributed by atoms with Gasteiger partial charge in [-0.05, 0) is 43.7 Å². The van der Waals surface area contributed by atoms with Crippen LogP contribution in [0.2, 0.25) is 0 Å². The maximum Gasteiger partial charge on any atom is 0.244 e. The van der Waals surface area contributed by atoms with Crippen molar-refractivity contribution in [1.29, 1.82) is 0 Å². The molecule has 1 fully saturated rings. The highest BCUT2D eigenvalue weighted by Gasteiger charge is 2.31. The molecule has 1 atom stereocenters. The van der Waals surface area contributed by atoms with Crippen LogP contribution in [0.1, 0.15) is 43.7 Å². The normalized spacial score (nSPS) is 14.9. The molecule has 3 aromatic carbocycles. The van der Waals surface area contributed by atoms with Crippen LogP contribution in [0.3, 0.4) is 0 Å². The number of benzene rings is 3. The highest BCUT2D eigenvalue weighted by molar-refractivity contribution is 7.92. The van der Waals surface area contributed by atoms with E-state index in [-0.39, 0.29) is 18.5 Å². The smallest absolute Gasteiger partial charge is 0.244 e. The fourth-order valence-corrected chi connectivity index (χ4v) is 5.86. The fraction of sp³-hybridized carbons (Fsp3) is 0.379. The maximum absolute atomic E-state index is 13.8. The molecule has 0 heterocycles. The van der Waals surface area contributed by atoms with Crippen LogP contribution in [0.25, 0.3) is 10.8 Å². The summed E-state index contributed by atoms with van der Waals surface area (Å²) >= 11 is 0. The second-order valence-corrected chi connectivity index (χ2v) is 11.9. The van der Waals surface area contributed by atoms with Gasteiger partial charge in [0, 0.05) is 18.0 Å². The standard InChI is InChI=1S/C29H35N3O4S/c1-21-10-8-11-23(18-21)19-31(22(2)29(34)30-25-14-5-6-15-25)28(33)20-32(37(3,35)36)27-17-9-13-24-12-4-7-16-26(24)27/h4,7-13,16-18,22,25H,5-6,14-15,19-20H2,1-3H3,(H,30,34)/t22-/m1/s1. The van der Waals surface area contributed by atoms with E-state index in [2.05, 4.69) is 5.32 Å². The Balaban J connectivity index is 1.66. The molecule has 2 amide bonds. The highest BCUT2D eigenvalue weighted by Crippen LogP contribution is 2.29. The number of sulfonamides is 1. The van der Waals surface area contributed by atoms with E-state index in [1.807, 2.05) is 61.5 Å². The predicted molar refractivity (Wildman–Crippen MR) is 148 cm³/mol. The van der Waals surface area contributed by atoms with Gasteiger partial charge in [0.25, 0.3) is 0 Å². The van der Waals surface area contributed by atoms with Crippen molar-refractivity contribution >= 4 is 38.3 Å². The number of anilines is 1. The molecular formula is C29H35N3O4S. The van der Waals surface area contributed by atoms with E-state index in [9.17, 15) is 18.0 Å². The zero-order valence-electron chi connectivity index (χ0n) is 21.7. The van der Waals surface area contributed by atoms with E-state index < -0.39 is 28.5 Å². The summed E-state index contributed by atoms with van der Waals surface area (Å²) in [6.07, 6.45) is 5.14. The summed E-state index contributed by atoms with van der Waals surface area (Å²) in [5.41, 5.74) is 2.36. The molecule has 8 heteroatoms. The summed E-state index contributed by atoms with van der Waals surface area (Å²) in [7, 11) is -3.80. The first-order valence-corrected chi connectivity index (χ1v) is 14.6. The number of amides is 2. The first-order valence-electron chi connectivity index (χ1n) is 12.7. The monoisotopic (exact) mass is 521 g/mol. The van der Waals surface area contributed by atoms with Gasteiger partial charge >= 0.3 is 0 Å². The van der Waals surface area contributed by atoms with Crippen LogP contribution in [-0.4, -0.2) is 50.0 Å². The van der Waals surface area contributed by atoms with Crippen LogP contribution in [0.5, 0.6) is 0 Å². The SMILES string of the molecule is Cc1cccc(CN(C(=O)CN(c2cccc3ccccc23)S(C)(=O)=O)[C@H](C)C(=O)NC2CCCC2)c1. The molecule has 1 N–H and O–H groups in total. The Labute approximate surface area is 219 Å². The number of fused-ring (bicyclic) bond motifs is 1. The minimum Gasteiger partial charge on any atom is -0.352 e. The van der Waals surface area contributed by atoms with Crippen molar-refractivity contribution in [2.24, 2.45) is 0 Å². The Kier molecular flexibility index (Phi) is 8.17. The predicted octanol–water partition coefficient (Wildman–Crippen LogP) is 4.39. The molecule has 0 bridgehead atoms. The van der Waals surface area contributed by atoms with E-state index >= 15 is 0 Å². The second kappa shape index (κ2) is 11.3. The Bertz CT molecular complexity index is 1380. The molecule has 3 aromatic rings. The Morgan fingerprint density at radius 3 is 2.38 bits per heavy atom. The van der Waals surface area contributed by atoms with Crippen molar-refractivity contribution in [1.82, 2.24) is 10.2 Å². The van der Waals surface area contributed by atoms with Gasteiger partial charge in [-0.3, -0.25) is 13.9 Å². The molecule has 1 aliphatic rings. The third-order valence-electron chi connectivity index (χ3n) is 7.02. The second-order valence-electron chi connectivity index (χ2n) is 9.94. The van der Waals surface area contributed by atoms with Crippen molar-refractivity contribution < 1.29 is 18.0 Å². The number of nitrogens with zero attached hydrogens (tertiary/aromatic N) is 2. The van der Waals surface area contributed by atoms with Gasteiger partial charge in [-0.1, -0.05) is 79.1 Å². The number of hydrogen-bond acceptors (Lipinski definition) is 4. The highest BCUT2D eigenvalue weighted by atomic mass is 32.2. The summed E-state index contributed by atoms with van der Waals surface area (Å²) < 4.78 is 27.0. The Morgan fingerprint density at radius 1 is 1.00 bits per heavy atom. The molecular weight excluding hydrogens is 486 g/mol. The van der Waals surface area contributed by atoms with Crippen LogP contribution in [-0.2, 0) is 26.2 Å². The number of aryl methyl sites for hydroxylation is 1. The summed E-state index contributed by atoms with van der Waals surface area (Å²) in [6.45, 7) is 3.48. The summed E-state index contributed by atoms with van der Waals surface area (Å²) in [5.74, 6) is -0.655. The molecule has 1 aliphatic carbocycles. The number of carbonyl (C=O) groups is 2. The van der Waals surface area contributed by atoms with Gasteiger partial charge in [-0.2, -0.15) is 0 Å². The molecule has 0 radical (unpaired) electrons. The van der Waals surface area contributed by atoms with Gasteiger partial charge in [0.15, 0.2) is 0 Å². The average molecular weight is 522 g/mol. The maximum atomic E-state index is 13.8. The van der Waals surface area contributed by atoms with Crippen LogP contribution in [0, 0.1) is 6.92 Å². The van der Waals surface area contributed by atoms with E-state index in [4.69, 9.17) is 0 Å². The number of nitrogens with one attached hydrogen (secondary N) is 1. The Hall–Kier alpha value is -3.39. The van der Waals surface area contributed by atoms with Crippen LogP contribution in [0.15, 0.2) is 66.7 Å². The quantitative estimate of drug-likeness (QED) is 0.453. The topological polar surface area (TPSA) is 86.8 Å². The van der Waals surface area contributed by atoms with E-state index in [0.717, 1.165) is 58.1 Å². The largest absolute Gasteiger partial charge is 0.352 e. The average Bonchev–Trinajstić information content (AvgIpc) is 3.37. The Morgan fingerprint density at radius 2 is 1.68 bits per heavy atom. The van der Waals surface area contributed by atoms with Gasteiger partial charge in [0.2, 0.25) is 21.8 Å². The van der Waals surface area contributed by atoms with E-state index in [1.54, 1.807) is 19.1 Å². The lowest BCUT2D eigenvalue weighted by Crippen LogP contribution is -2.52. The van der Waals surface area contributed by atoms with Crippen molar-refractivity contribution in [3.8, 4) is 0 Å². The molecule has 7 nitrogen and oxygen atoms in total. The molecule has 0 unspecified atom stereocenters. The van der Waals surface area contributed by atoms with Crippen LogP contribution >= 0.6 is 0 Å². The van der Waals surface area contributed by atoms with Crippen molar-refractivity contribution in [2.75, 3.05) is 17.1 Å². The van der Waals surface area contributed by atoms with Crippen molar-refractivity contribution in [3.63, 3.8) is 0 Å². The van der Waals surface area contributed by atoms with Gasteiger partial charge in [-0.15, -0.1) is 0 Å². The zero-order chi connectivity index (χ0) is 26.6. The van der Waals surface area contributed by atoms with Crippen LogP contribution < -0.4 is 9.62 Å². The number of hydrogen-bond donors (Lipinski definition) is 1. The minimum atomic E-state index is -3.80. The van der Waals surface area contributed by atoms with Gasteiger partial charge in [0.1, 0.15) is 12.6 Å². The molecule has 196 valence electrons. The summed E-state index contributed by atoms with van der Waals surface area (Å²) in [6, 6.07) is 20.0. The molecule has 0 spiro atoms. The summed E-state index contributed by atoms with van der Waals surface area (Å²) in [4.78, 5) is 28.5. The zero-order valence-corrected chi connectivity index (χ0v) is 22.5. The first kappa shape index (κ1) is 26.7. The molecule has 0 aromatic heterocycles. The molecule has 0 aliphatic heterocycles. The van der Waals surface area contributed by atoms with Gasteiger partial charge in [0.05, 0.1) is 11.9 Å². The molecule has 0 saturated heterocycles. The molecule has 1 saturated carbocycles. The number of carbonyl (C=O) groups excluding carboxylic acids is 2. The van der Waals surface area contributed by atoms with Crippen LogP contribution in [0.4, 0.5) is 5.69 Å². The third-order valence-corrected chi connectivity index (χ3v) is 8.15. The fourth-order valence-electron chi connectivity index (χ4n) is 5.00. The molecule has 37 heavy (non-hydrogen) atoms. The van der Waals surface area contributed by atoms with Crippen molar-refractivity contribution in [3.05, 3.63) is 77.9 Å². The van der Waals surface area contributed by atoms with Crippen molar-refractivity contribution in [2.45, 2.75) is 58.2 Å². The molecule has 4 rings (SSSR count). The first-order chi connectivity index (χ1) is 17.6. The lowest BCUT2D eigenvalue weighted by Gasteiger charge is -2.32. The van der Waals surface area contributed by atoms with E-state index in [1.165, 1.54) is 4.90 Å². The van der Waals surface area contributed by atoms with Gasteiger partial charge < -0.3 is 10.2 Å². The number of rotatable bonds is 9.